The average Bonchev–Trinajstić information content (AvgIpc) is 0.749. The van der Waals surface area contributed by atoms with Gasteiger partial charge in [-0.2, -0.15) is 0 Å². The summed E-state index contributed by atoms with van der Waals surface area (Å²) in [5.41, 5.74) is 0. The molecule has 131 heavy (non-hydrogen) atoms. The lowest BCUT2D eigenvalue weighted by Gasteiger charge is -2.53. The number of hydrogen-bond acceptors (Lipinski definition) is 56. The maximum absolute atomic E-state index is 13.5. The fourth-order valence-corrected chi connectivity index (χ4v) is 16.8. The van der Waals surface area contributed by atoms with E-state index in [4.69, 9.17) is 90.0 Å². The number of ether oxygens (including phenoxy) is 19. The highest BCUT2D eigenvalue weighted by Gasteiger charge is 2.66. The molecule has 10 aliphatic heterocycles. The lowest BCUT2D eigenvalue weighted by Crippen LogP contribution is -2.71. The molecule has 0 aromatic rings. The third kappa shape index (κ3) is 23.1. The molecule has 0 aliphatic carbocycles. The number of amides is 2. The second kappa shape index (κ2) is 46.3. The van der Waals surface area contributed by atoms with Crippen LogP contribution in [0.1, 0.15) is 26.7 Å². The van der Waals surface area contributed by atoms with Gasteiger partial charge in [0.15, 0.2) is 50.3 Å². The molecule has 53 atom stereocenters. The smallest absolute Gasteiger partial charge is 0.364 e. The summed E-state index contributed by atoms with van der Waals surface area (Å²) in [6, 6.07) is -4.02. The van der Waals surface area contributed by atoms with Crippen LogP contribution in [0.2, 0.25) is 0 Å². The first-order valence-corrected chi connectivity index (χ1v) is 41.0. The molecular weight excluding hydrogens is 1810 g/mol. The fraction of sp³-hybridized carbons (Fsp3) is 0.944. The Morgan fingerprint density at radius 3 is 1.18 bits per heavy atom. The molecule has 0 radical (unpaired) electrons. The Balaban J connectivity index is 0.993. The van der Waals surface area contributed by atoms with Crippen molar-refractivity contribution in [1.29, 1.82) is 0 Å². The molecule has 2 amide bonds. The van der Waals surface area contributed by atoms with Crippen LogP contribution in [0.4, 0.5) is 0 Å². The number of hydrogen-bond donors (Lipinski definition) is 37. The van der Waals surface area contributed by atoms with Crippen LogP contribution in [0.15, 0.2) is 0 Å². The molecule has 0 saturated carbocycles. The van der Waals surface area contributed by atoms with Gasteiger partial charge in [0.1, 0.15) is 250 Å². The minimum atomic E-state index is -3.73. The number of aliphatic hydroxyl groups excluding tert-OH is 32. The normalized spacial score (nSPS) is 48.4. The van der Waals surface area contributed by atoms with E-state index < -0.39 is 427 Å². The molecule has 10 saturated heterocycles. The molecule has 37 N–H and O–H groups in total. The Kier molecular flexibility index (Phi) is 38.4. The van der Waals surface area contributed by atoms with Gasteiger partial charge in [0.05, 0.1) is 78.3 Å². The van der Waals surface area contributed by atoms with E-state index in [9.17, 15) is 198 Å². The summed E-state index contributed by atoms with van der Waals surface area (Å²) in [7, 11) is 0. The number of carbonyl (C=O) groups is 4. The second-order valence-corrected chi connectivity index (χ2v) is 32.8. The molecule has 0 bridgehead atoms. The van der Waals surface area contributed by atoms with Crippen molar-refractivity contribution in [3.05, 3.63) is 0 Å². The number of carboxylic acids is 2. The van der Waals surface area contributed by atoms with Crippen molar-refractivity contribution < 1.29 is 288 Å². The van der Waals surface area contributed by atoms with Gasteiger partial charge in [-0.15, -0.1) is 0 Å². The van der Waals surface area contributed by atoms with Crippen LogP contribution in [0.5, 0.6) is 0 Å². The summed E-state index contributed by atoms with van der Waals surface area (Å²) < 4.78 is 112. The summed E-state index contributed by atoms with van der Waals surface area (Å²) in [5, 5.41) is 394. The van der Waals surface area contributed by atoms with Crippen LogP contribution in [-0.2, 0) is 109 Å². The molecule has 60 nitrogen and oxygen atoms in total. The van der Waals surface area contributed by atoms with Crippen molar-refractivity contribution in [3.63, 3.8) is 0 Å². The lowest BCUT2D eigenvalue weighted by atomic mass is 9.89. The number of aliphatic hydroxyl groups is 33. The molecule has 0 aromatic heterocycles. The van der Waals surface area contributed by atoms with Gasteiger partial charge in [0.25, 0.3) is 11.6 Å². The molecule has 10 aliphatic rings. The van der Waals surface area contributed by atoms with Gasteiger partial charge >= 0.3 is 11.9 Å². The summed E-state index contributed by atoms with van der Waals surface area (Å²) in [6.45, 7) is -11.3. The van der Waals surface area contributed by atoms with Crippen molar-refractivity contribution in [2.75, 3.05) is 66.1 Å². The van der Waals surface area contributed by atoms with Crippen LogP contribution < -0.4 is 10.6 Å². The molecule has 60 heteroatoms. The Morgan fingerprint density at radius 1 is 0.305 bits per heavy atom. The Morgan fingerprint density at radius 2 is 0.656 bits per heavy atom. The van der Waals surface area contributed by atoms with Crippen molar-refractivity contribution in [3.8, 4) is 0 Å². The first-order chi connectivity index (χ1) is 61.7. The van der Waals surface area contributed by atoms with Crippen LogP contribution in [0.25, 0.3) is 0 Å². The third-order valence-electron chi connectivity index (χ3n) is 23.9. The standard InChI is InChI=1S/C71H118N2O58/c1-15(84)72-29-35(96)52(122-62-42(103)36(97)32(93)24(10-79)114-62)27(13-82)116-60(29)125-56-34(95)26(12-81)115-65(45(56)106)124-55-30(73-16(2)85)61(113-25(11-80)33(55)94)121-53-28(14-83)117-63(44(105)41(53)102)128-59-50(21(90)8-77)120-66(46(107)57(59)126-67-58(40(101)39(100)48(119-67)19(88)6-75)127-64-43(104)37(98)38(99)47(118-64)18(87)5-74)123-54-23(4-70(112,68(108)109)130-51(54)22(91)9-78)129-71(69(110)111)3-17(86)31(92)49(131-71)20(89)7-76/h17-67,74-83,86-107,112H,3-14H2,1-2H3,(H,72,84)(H,73,85)(H,108,109)(H,110,111)/t17-,18+,19+,20-,21+,22-,23-,24-,25-,26-,27-,28-,29-,30-,31-,32+,33-,34+,35-,36+,37+,38+,39+,40+,41-,42-,43+,44-,45-,46+,47-,48-,49-,50-,51-,52-,53-,54-,55-,56+,57-,58+,59-,60+,61+,62+,63+,64-,65+,66-,67-,70-,71-/m1/s1. The zero-order valence-electron chi connectivity index (χ0n) is 69.0. The van der Waals surface area contributed by atoms with E-state index in [1.807, 2.05) is 0 Å². The molecule has 760 valence electrons. The van der Waals surface area contributed by atoms with E-state index in [2.05, 4.69) is 10.6 Å². The largest absolute Gasteiger partial charge is 0.477 e. The van der Waals surface area contributed by atoms with Crippen molar-refractivity contribution in [2.45, 2.75) is 351 Å². The van der Waals surface area contributed by atoms with Gasteiger partial charge in [0.2, 0.25) is 11.8 Å². The fourth-order valence-electron chi connectivity index (χ4n) is 16.8. The van der Waals surface area contributed by atoms with Gasteiger partial charge in [-0.1, -0.05) is 0 Å². The van der Waals surface area contributed by atoms with Crippen molar-refractivity contribution in [1.82, 2.24) is 10.6 Å². The molecular formula is C71H118N2O58. The van der Waals surface area contributed by atoms with E-state index in [0.717, 1.165) is 13.8 Å². The average molecular weight is 1930 g/mol. The van der Waals surface area contributed by atoms with E-state index in [1.165, 1.54) is 0 Å². The number of rotatable bonds is 37. The Bertz CT molecular complexity index is 3580. The summed E-state index contributed by atoms with van der Waals surface area (Å²) in [6.07, 6.45) is -120. The van der Waals surface area contributed by atoms with E-state index in [0.29, 0.717) is 0 Å². The minimum Gasteiger partial charge on any atom is -0.477 e. The van der Waals surface area contributed by atoms with E-state index >= 15 is 0 Å². The van der Waals surface area contributed by atoms with Gasteiger partial charge in [-0.25, -0.2) is 9.59 Å². The highest BCUT2D eigenvalue weighted by Crippen LogP contribution is 2.45. The maximum atomic E-state index is 13.5. The van der Waals surface area contributed by atoms with E-state index in [1.54, 1.807) is 0 Å². The monoisotopic (exact) mass is 1930 g/mol. The highest BCUT2D eigenvalue weighted by atomic mass is 16.8. The first kappa shape index (κ1) is 109. The quantitative estimate of drug-likeness (QED) is 0.0275. The van der Waals surface area contributed by atoms with Crippen LogP contribution >= 0.6 is 0 Å². The predicted molar refractivity (Wildman–Crippen MR) is 393 cm³/mol. The van der Waals surface area contributed by atoms with Crippen molar-refractivity contribution >= 4 is 23.8 Å². The zero-order valence-corrected chi connectivity index (χ0v) is 69.0. The minimum absolute atomic E-state index is 0.848. The topological polar surface area (TPSA) is 976 Å². The van der Waals surface area contributed by atoms with Crippen molar-refractivity contribution in [2.24, 2.45) is 0 Å². The van der Waals surface area contributed by atoms with Gasteiger partial charge in [0, 0.05) is 26.7 Å². The molecule has 0 aromatic carbocycles. The molecule has 10 rings (SSSR count). The molecule has 0 unspecified atom stereocenters. The first-order valence-electron chi connectivity index (χ1n) is 41.0. The van der Waals surface area contributed by atoms with Gasteiger partial charge in [-0.3, -0.25) is 9.59 Å². The molecule has 10 fully saturated rings. The van der Waals surface area contributed by atoms with Crippen LogP contribution in [0, 0.1) is 0 Å². The number of carbonyl (C=O) groups excluding carboxylic acids is 2. The summed E-state index contributed by atoms with van der Waals surface area (Å²) >= 11 is 0. The Hall–Kier alpha value is -4.20. The second-order valence-electron chi connectivity index (χ2n) is 32.8. The Labute approximate surface area is 737 Å². The maximum Gasteiger partial charge on any atom is 0.364 e. The van der Waals surface area contributed by atoms with Crippen LogP contribution in [-0.4, -0.2) is 593 Å². The van der Waals surface area contributed by atoms with Gasteiger partial charge < -0.3 is 279 Å². The van der Waals surface area contributed by atoms with E-state index in [-0.39, 0.29) is 0 Å². The predicted octanol–water partition coefficient (Wildman–Crippen LogP) is -24.7. The third-order valence-corrected chi connectivity index (χ3v) is 23.9. The molecule has 10 heterocycles. The zero-order chi connectivity index (χ0) is 97.1. The van der Waals surface area contributed by atoms with Crippen LogP contribution in [0.3, 0.4) is 0 Å². The highest BCUT2D eigenvalue weighted by molar-refractivity contribution is 5.77. The lowest BCUT2D eigenvalue weighted by molar-refractivity contribution is -0.421. The molecule has 0 spiro atoms. The number of carboxylic acid groups (broad SMARTS) is 2. The number of nitrogens with one attached hydrogen (secondary N) is 2. The SMILES string of the molecule is CC(=O)N[C@H]1[C@H](O[C@H]2[C@@H](O)[C@@H](CO)O[C@@H](O[C@H]3[C@H](O)[C@@H](CO)O[C@@H](O[C@H]4[C@H](O)[C@@H](O)[C@H](O[C@H]5[C@H](O[C@H]6O[C@H]([C@@H](O)CO)[C@@H](O)[C@H](O)[C@@H]6O[C@H]6O[C@H]([C@@H](O)CO)[C@@H](O)[C@H](O)[C@@H]6O)[C@H](O)[C@@H](O[C@H]6[C@@H]([C@H](O)CO)O[C@@](O)(C(=O)O)C[C@H]6O[C@]6(C(=O)O)C[C@@H](O)[C@@H](O)[C@@H]([C@H](O)CO)O6)O[C@@H]5[C@@H](O)CO)O[C@@H]4CO)[C@@H]3NC(C)=O)[C@@H]2O)O[C@H](CO)[C@@H](O[C@@H]2O[C@H](CO)[C@H](O)[C@H](O)[C@H]2O)[C@@H]1O. The summed E-state index contributed by atoms with van der Waals surface area (Å²) in [4.78, 5) is 52.6. The number of aliphatic carboxylic acids is 2. The summed E-state index contributed by atoms with van der Waals surface area (Å²) in [5.74, 6) is -14.0. The van der Waals surface area contributed by atoms with Gasteiger partial charge in [-0.05, 0) is 0 Å².